The van der Waals surface area contributed by atoms with Gasteiger partial charge in [0.2, 0.25) is 0 Å². The monoisotopic (exact) mass is 643 g/mol. The van der Waals surface area contributed by atoms with E-state index in [1.54, 1.807) is 5.57 Å². The Bertz CT molecular complexity index is 717. The van der Waals surface area contributed by atoms with Gasteiger partial charge < -0.3 is 0 Å². The van der Waals surface area contributed by atoms with Gasteiger partial charge in [0.15, 0.2) is 5.78 Å². The summed E-state index contributed by atoms with van der Waals surface area (Å²) in [6, 6.07) is 0. The Balaban J connectivity index is 3.68. The van der Waals surface area contributed by atoms with Crippen molar-refractivity contribution in [2.45, 2.75) is 253 Å². The molecule has 0 spiro atoms. The number of allylic oxidation sites excluding steroid dienone is 2. The summed E-state index contributed by atoms with van der Waals surface area (Å²) in [5.74, 6) is 1.59. The molecular formula is C45H86O. The van der Waals surface area contributed by atoms with Crippen LogP contribution in [0, 0.1) is 17.3 Å². The van der Waals surface area contributed by atoms with Gasteiger partial charge in [-0.05, 0) is 68.3 Å². The van der Waals surface area contributed by atoms with Crippen LogP contribution in [0.4, 0.5) is 0 Å². The minimum Gasteiger partial charge on any atom is -0.294 e. The van der Waals surface area contributed by atoms with Gasteiger partial charge in [-0.1, -0.05) is 208 Å². The van der Waals surface area contributed by atoms with Gasteiger partial charge in [-0.25, -0.2) is 0 Å². The number of ketones is 1. The van der Waals surface area contributed by atoms with E-state index < -0.39 is 0 Å². The Morgan fingerprint density at radius 2 is 0.739 bits per heavy atom. The van der Waals surface area contributed by atoms with Gasteiger partial charge >= 0.3 is 0 Å². The molecular weight excluding hydrogens is 556 g/mol. The largest absolute Gasteiger partial charge is 0.294 e. The Hall–Kier alpha value is -0.590. The number of Topliss-reactive ketones (excluding diaryl/α,β-unsaturated/α-hetero) is 1. The third kappa shape index (κ3) is 16.7. The zero-order valence-corrected chi connectivity index (χ0v) is 32.9. The van der Waals surface area contributed by atoms with Crippen molar-refractivity contribution in [3.8, 4) is 0 Å². The number of unbranched alkanes of at least 4 members (excludes halogenated alkanes) is 21. The topological polar surface area (TPSA) is 17.1 Å². The molecule has 0 aromatic rings. The summed E-state index contributed by atoms with van der Waals surface area (Å²) in [4.78, 5) is 15.1. The Kier molecular flexibility index (Phi) is 27.7. The highest BCUT2D eigenvalue weighted by molar-refractivity contribution is 5.99. The molecule has 0 N–H and O–H groups in total. The van der Waals surface area contributed by atoms with Crippen molar-refractivity contribution in [1.82, 2.24) is 0 Å². The predicted octanol–water partition coefficient (Wildman–Crippen LogP) is 16.1. The summed E-state index contributed by atoms with van der Waals surface area (Å²) in [5, 5.41) is 0. The molecule has 1 aliphatic carbocycles. The molecule has 1 nitrogen and oxygen atoms in total. The smallest absolute Gasteiger partial charge is 0.162 e. The van der Waals surface area contributed by atoms with Crippen LogP contribution in [0.25, 0.3) is 0 Å². The minimum atomic E-state index is 0.208. The van der Waals surface area contributed by atoms with E-state index in [0.717, 1.165) is 12.8 Å². The van der Waals surface area contributed by atoms with Crippen LogP contribution in [0.1, 0.15) is 253 Å². The quantitative estimate of drug-likeness (QED) is 0.0651. The summed E-state index contributed by atoms with van der Waals surface area (Å²) < 4.78 is 0. The molecule has 0 heterocycles. The number of hydrogen-bond donors (Lipinski definition) is 0. The number of hydrogen-bond acceptors (Lipinski definition) is 1. The van der Waals surface area contributed by atoms with Crippen molar-refractivity contribution < 1.29 is 4.79 Å². The highest BCUT2D eigenvalue weighted by atomic mass is 16.1. The van der Waals surface area contributed by atoms with Crippen LogP contribution in [0.5, 0.6) is 0 Å². The molecule has 2 atom stereocenters. The molecule has 0 aromatic carbocycles. The highest BCUT2D eigenvalue weighted by Gasteiger charge is 2.52. The minimum absolute atomic E-state index is 0.208. The lowest BCUT2D eigenvalue weighted by Gasteiger charge is -2.52. The molecule has 0 aromatic heterocycles. The lowest BCUT2D eigenvalue weighted by Crippen LogP contribution is -2.48. The van der Waals surface area contributed by atoms with Crippen molar-refractivity contribution in [2.24, 2.45) is 17.3 Å². The number of carbonyl (C=O) groups is 1. The molecule has 0 saturated carbocycles. The molecule has 0 amide bonds. The summed E-state index contributed by atoms with van der Waals surface area (Å²) in [5.41, 5.74) is 3.29. The van der Waals surface area contributed by atoms with Gasteiger partial charge in [-0.3, -0.25) is 4.79 Å². The normalized spacial score (nSPS) is 18.2. The van der Waals surface area contributed by atoms with Gasteiger partial charge in [0.1, 0.15) is 0 Å². The SMILES string of the molecule is CCCCCCCC1=C(CCCCCC)C(=O)C(CCCCCC)C(CCCCCCC)(CCCCCCC)C1CCCCCC. The maximum Gasteiger partial charge on any atom is 0.162 e. The van der Waals surface area contributed by atoms with E-state index in [1.807, 2.05) is 0 Å². The molecule has 1 heteroatoms. The molecule has 46 heavy (non-hydrogen) atoms. The van der Waals surface area contributed by atoms with Gasteiger partial charge in [0.05, 0.1) is 0 Å². The van der Waals surface area contributed by atoms with Gasteiger partial charge in [-0.15, -0.1) is 0 Å². The lowest BCUT2D eigenvalue weighted by molar-refractivity contribution is -0.128. The van der Waals surface area contributed by atoms with E-state index in [9.17, 15) is 0 Å². The first kappa shape index (κ1) is 43.4. The van der Waals surface area contributed by atoms with Crippen molar-refractivity contribution in [3.05, 3.63) is 11.1 Å². The first-order chi connectivity index (χ1) is 22.6. The summed E-state index contributed by atoms with van der Waals surface area (Å²) in [6.45, 7) is 14.0. The Morgan fingerprint density at radius 3 is 1.20 bits per heavy atom. The Labute approximate surface area is 291 Å². The molecule has 0 bridgehead atoms. The molecule has 1 rings (SSSR count). The van der Waals surface area contributed by atoms with Crippen molar-refractivity contribution >= 4 is 5.78 Å². The molecule has 0 radical (unpaired) electrons. The predicted molar refractivity (Wildman–Crippen MR) is 208 cm³/mol. The fraction of sp³-hybridized carbons (Fsp3) is 0.933. The van der Waals surface area contributed by atoms with E-state index in [-0.39, 0.29) is 11.3 Å². The average Bonchev–Trinajstić information content (AvgIpc) is 3.06. The maximum atomic E-state index is 15.1. The fourth-order valence-electron chi connectivity index (χ4n) is 9.05. The lowest BCUT2D eigenvalue weighted by atomic mass is 9.51. The third-order valence-corrected chi connectivity index (χ3v) is 11.8. The second-order valence-corrected chi connectivity index (χ2v) is 15.7. The van der Waals surface area contributed by atoms with Crippen molar-refractivity contribution in [1.29, 1.82) is 0 Å². The molecule has 0 saturated heterocycles. The zero-order chi connectivity index (χ0) is 33.7. The van der Waals surface area contributed by atoms with Crippen LogP contribution >= 0.6 is 0 Å². The second kappa shape index (κ2) is 29.3. The van der Waals surface area contributed by atoms with E-state index in [0.29, 0.717) is 11.7 Å². The Morgan fingerprint density at radius 1 is 0.391 bits per heavy atom. The molecule has 1 aliphatic rings. The van der Waals surface area contributed by atoms with Crippen LogP contribution in [-0.4, -0.2) is 5.78 Å². The average molecular weight is 643 g/mol. The van der Waals surface area contributed by atoms with Crippen LogP contribution in [0.2, 0.25) is 0 Å². The van der Waals surface area contributed by atoms with E-state index in [4.69, 9.17) is 0 Å². The number of carbonyl (C=O) groups excluding carboxylic acids is 1. The zero-order valence-electron chi connectivity index (χ0n) is 32.9. The van der Waals surface area contributed by atoms with E-state index in [2.05, 4.69) is 41.5 Å². The fourth-order valence-corrected chi connectivity index (χ4v) is 9.05. The van der Waals surface area contributed by atoms with Crippen LogP contribution in [0.3, 0.4) is 0 Å². The molecule has 2 unspecified atom stereocenters. The summed E-state index contributed by atoms with van der Waals surface area (Å²) in [7, 11) is 0. The third-order valence-electron chi connectivity index (χ3n) is 11.8. The van der Waals surface area contributed by atoms with Gasteiger partial charge in [0, 0.05) is 5.92 Å². The molecule has 272 valence electrons. The maximum absolute atomic E-state index is 15.1. The molecule has 0 aliphatic heterocycles. The van der Waals surface area contributed by atoms with Crippen LogP contribution < -0.4 is 0 Å². The molecule has 0 fully saturated rings. The van der Waals surface area contributed by atoms with Gasteiger partial charge in [-0.2, -0.15) is 0 Å². The van der Waals surface area contributed by atoms with Crippen molar-refractivity contribution in [3.63, 3.8) is 0 Å². The second-order valence-electron chi connectivity index (χ2n) is 15.7. The standard InChI is InChI=1S/C45H86O/c1-7-13-19-25-29-34-40-41(35-28-22-16-10-4)44(46)43(37-31-24-18-12-6)45(38-32-26-20-14-8-2,39-33-27-21-15-9-3)42(40)36-30-23-17-11-5/h42-43H,7-39H2,1-6H3. The summed E-state index contributed by atoms with van der Waals surface area (Å²) in [6.07, 6.45) is 43.4. The van der Waals surface area contributed by atoms with E-state index >= 15 is 4.79 Å². The number of rotatable bonds is 33. The van der Waals surface area contributed by atoms with Crippen molar-refractivity contribution in [2.75, 3.05) is 0 Å². The highest BCUT2D eigenvalue weighted by Crippen LogP contribution is 2.57. The van der Waals surface area contributed by atoms with E-state index in [1.165, 1.54) is 205 Å². The van der Waals surface area contributed by atoms with Crippen LogP contribution in [0.15, 0.2) is 11.1 Å². The van der Waals surface area contributed by atoms with Gasteiger partial charge in [0.25, 0.3) is 0 Å². The first-order valence-electron chi connectivity index (χ1n) is 21.8. The first-order valence-corrected chi connectivity index (χ1v) is 21.8. The summed E-state index contributed by atoms with van der Waals surface area (Å²) >= 11 is 0. The van der Waals surface area contributed by atoms with Crippen LogP contribution in [-0.2, 0) is 4.79 Å².